The van der Waals surface area contributed by atoms with Crippen LogP contribution in [0.2, 0.25) is 0 Å². The molecule has 0 saturated heterocycles. The molecule has 0 unspecified atom stereocenters. The standard InChI is InChI=1S/C22H19N5O/c1-15-6-4-8-17(12-15)25-20-18-9-2-3-10-19(18)26-21(27-20)22(28)24-14-16-7-5-11-23-13-16/h2-13H,14H2,1H3,(H,24,28)(H,25,26,27). The zero-order chi connectivity index (χ0) is 19.3. The largest absolute Gasteiger partial charge is 0.345 e. The van der Waals surface area contributed by atoms with Crippen molar-refractivity contribution >= 4 is 28.3 Å². The van der Waals surface area contributed by atoms with Gasteiger partial charge in [0.05, 0.1) is 5.52 Å². The lowest BCUT2D eigenvalue weighted by Crippen LogP contribution is -2.25. The van der Waals surface area contributed by atoms with E-state index < -0.39 is 0 Å². The summed E-state index contributed by atoms with van der Waals surface area (Å²) in [5, 5.41) is 7.02. The third kappa shape index (κ3) is 3.96. The summed E-state index contributed by atoms with van der Waals surface area (Å²) in [6.45, 7) is 2.39. The van der Waals surface area contributed by atoms with E-state index in [1.165, 1.54) is 0 Å². The number of para-hydroxylation sites is 1. The number of hydrogen-bond donors (Lipinski definition) is 2. The maximum atomic E-state index is 12.6. The number of anilines is 2. The van der Waals surface area contributed by atoms with E-state index >= 15 is 0 Å². The number of fused-ring (bicyclic) bond motifs is 1. The number of hydrogen-bond acceptors (Lipinski definition) is 5. The highest BCUT2D eigenvalue weighted by Crippen LogP contribution is 2.24. The molecule has 6 nitrogen and oxygen atoms in total. The Kier molecular flexibility index (Phi) is 4.93. The second-order valence-corrected chi connectivity index (χ2v) is 6.45. The van der Waals surface area contributed by atoms with Crippen molar-refractivity contribution in [3.8, 4) is 0 Å². The monoisotopic (exact) mass is 369 g/mol. The van der Waals surface area contributed by atoms with Gasteiger partial charge in [-0.1, -0.05) is 30.3 Å². The molecule has 2 heterocycles. The molecule has 28 heavy (non-hydrogen) atoms. The maximum Gasteiger partial charge on any atom is 0.289 e. The first-order valence-electron chi connectivity index (χ1n) is 8.96. The van der Waals surface area contributed by atoms with Crippen molar-refractivity contribution < 1.29 is 4.79 Å². The van der Waals surface area contributed by atoms with Gasteiger partial charge in [0.25, 0.3) is 5.91 Å². The summed E-state index contributed by atoms with van der Waals surface area (Å²) in [5.74, 6) is 0.391. The second-order valence-electron chi connectivity index (χ2n) is 6.45. The first kappa shape index (κ1) is 17.6. The molecule has 0 aliphatic rings. The minimum Gasteiger partial charge on any atom is -0.345 e. The summed E-state index contributed by atoms with van der Waals surface area (Å²) < 4.78 is 0. The average molecular weight is 369 g/mol. The third-order valence-electron chi connectivity index (χ3n) is 4.26. The molecule has 0 fully saturated rings. The molecule has 4 rings (SSSR count). The predicted octanol–water partition coefficient (Wildman–Crippen LogP) is 4.01. The molecular weight excluding hydrogens is 350 g/mol. The van der Waals surface area contributed by atoms with E-state index in [0.717, 1.165) is 22.2 Å². The van der Waals surface area contributed by atoms with Crippen molar-refractivity contribution in [2.24, 2.45) is 0 Å². The lowest BCUT2D eigenvalue weighted by atomic mass is 10.2. The average Bonchev–Trinajstić information content (AvgIpc) is 2.73. The predicted molar refractivity (Wildman–Crippen MR) is 109 cm³/mol. The summed E-state index contributed by atoms with van der Waals surface area (Å²) in [6, 6.07) is 19.4. The normalized spacial score (nSPS) is 10.6. The van der Waals surface area contributed by atoms with Gasteiger partial charge < -0.3 is 10.6 Å². The van der Waals surface area contributed by atoms with Crippen LogP contribution in [0.3, 0.4) is 0 Å². The number of rotatable bonds is 5. The number of pyridine rings is 1. The molecule has 2 N–H and O–H groups in total. The quantitative estimate of drug-likeness (QED) is 0.556. The molecule has 0 aliphatic carbocycles. The molecule has 138 valence electrons. The molecular formula is C22H19N5O. The van der Waals surface area contributed by atoms with Crippen molar-refractivity contribution in [3.63, 3.8) is 0 Å². The summed E-state index contributed by atoms with van der Waals surface area (Å²) in [7, 11) is 0. The Morgan fingerprint density at radius 2 is 1.89 bits per heavy atom. The van der Waals surface area contributed by atoms with Gasteiger partial charge in [-0.05, 0) is 48.4 Å². The van der Waals surface area contributed by atoms with Crippen LogP contribution in [-0.4, -0.2) is 20.9 Å². The van der Waals surface area contributed by atoms with Crippen LogP contribution in [0.15, 0.2) is 73.1 Å². The highest BCUT2D eigenvalue weighted by molar-refractivity contribution is 5.97. The van der Waals surface area contributed by atoms with Crippen LogP contribution in [0.1, 0.15) is 21.7 Å². The highest BCUT2D eigenvalue weighted by atomic mass is 16.2. The Morgan fingerprint density at radius 3 is 2.71 bits per heavy atom. The molecule has 2 aromatic carbocycles. The van der Waals surface area contributed by atoms with Gasteiger partial charge in [0, 0.05) is 30.0 Å². The minimum atomic E-state index is -0.332. The van der Waals surface area contributed by atoms with Crippen LogP contribution in [0.25, 0.3) is 10.9 Å². The van der Waals surface area contributed by atoms with Gasteiger partial charge in [-0.3, -0.25) is 9.78 Å². The summed E-state index contributed by atoms with van der Waals surface area (Å²) in [4.78, 5) is 25.6. The fourth-order valence-electron chi connectivity index (χ4n) is 2.90. The number of aromatic nitrogens is 3. The fraction of sp³-hybridized carbons (Fsp3) is 0.0909. The molecule has 2 aromatic heterocycles. The van der Waals surface area contributed by atoms with E-state index in [9.17, 15) is 4.79 Å². The molecule has 4 aromatic rings. The van der Waals surface area contributed by atoms with Gasteiger partial charge in [-0.25, -0.2) is 9.97 Å². The fourth-order valence-corrected chi connectivity index (χ4v) is 2.90. The van der Waals surface area contributed by atoms with Gasteiger partial charge in [0.1, 0.15) is 5.82 Å². The lowest BCUT2D eigenvalue weighted by molar-refractivity contribution is 0.0941. The molecule has 0 saturated carbocycles. The van der Waals surface area contributed by atoms with Crippen molar-refractivity contribution in [1.82, 2.24) is 20.3 Å². The number of carbonyl (C=O) groups is 1. The van der Waals surface area contributed by atoms with Gasteiger partial charge in [0.2, 0.25) is 5.82 Å². The van der Waals surface area contributed by atoms with E-state index in [2.05, 4.69) is 25.6 Å². The van der Waals surface area contributed by atoms with E-state index in [0.29, 0.717) is 17.9 Å². The third-order valence-corrected chi connectivity index (χ3v) is 4.26. The second kappa shape index (κ2) is 7.84. The molecule has 0 radical (unpaired) electrons. The van der Waals surface area contributed by atoms with Crippen LogP contribution in [0.4, 0.5) is 11.5 Å². The zero-order valence-corrected chi connectivity index (χ0v) is 15.4. The minimum absolute atomic E-state index is 0.123. The van der Waals surface area contributed by atoms with E-state index in [-0.39, 0.29) is 11.7 Å². The van der Waals surface area contributed by atoms with E-state index in [1.54, 1.807) is 12.4 Å². The first-order valence-corrected chi connectivity index (χ1v) is 8.96. The van der Waals surface area contributed by atoms with Crippen LogP contribution in [0, 0.1) is 6.92 Å². The van der Waals surface area contributed by atoms with Gasteiger partial charge >= 0.3 is 0 Å². The van der Waals surface area contributed by atoms with Crippen LogP contribution < -0.4 is 10.6 Å². The number of aryl methyl sites for hydroxylation is 1. The Bertz CT molecular complexity index is 1130. The van der Waals surface area contributed by atoms with E-state index in [1.807, 2.05) is 67.6 Å². The summed E-state index contributed by atoms with van der Waals surface area (Å²) in [6.07, 6.45) is 3.41. The van der Waals surface area contributed by atoms with Crippen molar-refractivity contribution in [2.75, 3.05) is 5.32 Å². The van der Waals surface area contributed by atoms with Crippen molar-refractivity contribution in [3.05, 3.63) is 90.0 Å². The number of nitrogens with one attached hydrogen (secondary N) is 2. The lowest BCUT2D eigenvalue weighted by Gasteiger charge is -2.11. The number of benzene rings is 2. The van der Waals surface area contributed by atoms with Crippen molar-refractivity contribution in [2.45, 2.75) is 13.5 Å². The number of nitrogens with zero attached hydrogens (tertiary/aromatic N) is 3. The van der Waals surface area contributed by atoms with Crippen molar-refractivity contribution in [1.29, 1.82) is 0 Å². The van der Waals surface area contributed by atoms with Gasteiger partial charge in [-0.2, -0.15) is 0 Å². The zero-order valence-electron chi connectivity index (χ0n) is 15.4. The number of amides is 1. The highest BCUT2D eigenvalue weighted by Gasteiger charge is 2.14. The summed E-state index contributed by atoms with van der Waals surface area (Å²) >= 11 is 0. The smallest absolute Gasteiger partial charge is 0.289 e. The Morgan fingerprint density at radius 1 is 1.00 bits per heavy atom. The molecule has 0 spiro atoms. The van der Waals surface area contributed by atoms with Gasteiger partial charge in [0.15, 0.2) is 0 Å². The molecule has 1 amide bonds. The Labute approximate surface area is 162 Å². The Balaban J connectivity index is 1.64. The van der Waals surface area contributed by atoms with Crippen LogP contribution in [-0.2, 0) is 6.54 Å². The van der Waals surface area contributed by atoms with E-state index in [4.69, 9.17) is 0 Å². The maximum absolute atomic E-state index is 12.6. The molecule has 0 aliphatic heterocycles. The van der Waals surface area contributed by atoms with Crippen LogP contribution >= 0.6 is 0 Å². The summed E-state index contributed by atoms with van der Waals surface area (Å²) in [5.41, 5.74) is 3.66. The Hall–Kier alpha value is -3.80. The molecule has 0 atom stereocenters. The SMILES string of the molecule is Cc1cccc(Nc2nc(C(=O)NCc3cccnc3)nc3ccccc23)c1. The topological polar surface area (TPSA) is 79.8 Å². The molecule has 6 heteroatoms. The van der Waals surface area contributed by atoms with Gasteiger partial charge in [-0.15, -0.1) is 0 Å². The first-order chi connectivity index (χ1) is 13.7. The number of carbonyl (C=O) groups excluding carboxylic acids is 1. The van der Waals surface area contributed by atoms with Crippen LogP contribution in [0.5, 0.6) is 0 Å². The molecule has 0 bridgehead atoms.